The second-order valence-corrected chi connectivity index (χ2v) is 12.8. The first-order valence-electron chi connectivity index (χ1n) is 13.1. The summed E-state index contributed by atoms with van der Waals surface area (Å²) in [7, 11) is -2.61. The molecule has 40 heavy (non-hydrogen) atoms. The number of amides is 2. The lowest BCUT2D eigenvalue weighted by atomic mass is 10.1. The Kier molecular flexibility index (Phi) is 9.63. The highest BCUT2D eigenvalue weighted by Gasteiger charge is 2.33. The third-order valence-electron chi connectivity index (χ3n) is 6.39. The summed E-state index contributed by atoms with van der Waals surface area (Å²) in [6.45, 7) is 10.7. The average molecular weight is 566 g/mol. The third-order valence-corrected chi connectivity index (χ3v) is 8.18. The van der Waals surface area contributed by atoms with Crippen molar-refractivity contribution in [3.8, 4) is 5.75 Å². The molecule has 0 aliphatic carbocycles. The SMILES string of the molecule is COc1ccc(N(CC(=O)N(Cc2ccc(C)cc2)C(C)C(=O)NC(C)(C)C)S(=O)(=O)c2ccc(C)cc2)cc1. The van der Waals surface area contributed by atoms with Crippen LogP contribution in [0.25, 0.3) is 0 Å². The second-order valence-electron chi connectivity index (χ2n) is 10.9. The van der Waals surface area contributed by atoms with Crippen LogP contribution in [-0.2, 0) is 26.2 Å². The number of sulfonamides is 1. The number of hydrogen-bond donors (Lipinski definition) is 1. The molecule has 0 fully saturated rings. The van der Waals surface area contributed by atoms with Gasteiger partial charge >= 0.3 is 0 Å². The van der Waals surface area contributed by atoms with Crippen LogP contribution in [0.1, 0.15) is 44.4 Å². The summed E-state index contributed by atoms with van der Waals surface area (Å²) >= 11 is 0. The van der Waals surface area contributed by atoms with Crippen LogP contribution in [0.5, 0.6) is 5.75 Å². The number of aryl methyl sites for hydroxylation is 2. The van der Waals surface area contributed by atoms with Crippen molar-refractivity contribution in [1.29, 1.82) is 0 Å². The van der Waals surface area contributed by atoms with E-state index in [0.29, 0.717) is 11.4 Å². The van der Waals surface area contributed by atoms with Gasteiger partial charge in [0.25, 0.3) is 10.0 Å². The lowest BCUT2D eigenvalue weighted by Crippen LogP contribution is -2.54. The van der Waals surface area contributed by atoms with Gasteiger partial charge in [0.1, 0.15) is 18.3 Å². The summed E-state index contributed by atoms with van der Waals surface area (Å²) in [4.78, 5) is 28.6. The molecular formula is C31H39N3O5S. The summed E-state index contributed by atoms with van der Waals surface area (Å²) in [5, 5.41) is 2.93. The number of nitrogens with one attached hydrogen (secondary N) is 1. The zero-order valence-electron chi connectivity index (χ0n) is 24.3. The van der Waals surface area contributed by atoms with Crippen LogP contribution in [0.2, 0.25) is 0 Å². The molecule has 1 unspecified atom stereocenters. The topological polar surface area (TPSA) is 96.0 Å². The lowest BCUT2D eigenvalue weighted by Gasteiger charge is -2.33. The van der Waals surface area contributed by atoms with E-state index in [9.17, 15) is 18.0 Å². The number of benzene rings is 3. The van der Waals surface area contributed by atoms with Gasteiger partial charge in [0.15, 0.2) is 0 Å². The highest BCUT2D eigenvalue weighted by molar-refractivity contribution is 7.92. The summed E-state index contributed by atoms with van der Waals surface area (Å²) in [6, 6.07) is 19.7. The van der Waals surface area contributed by atoms with Gasteiger partial charge in [0.2, 0.25) is 11.8 Å². The van der Waals surface area contributed by atoms with Gasteiger partial charge in [-0.05, 0) is 83.5 Å². The predicted octanol–water partition coefficient (Wildman–Crippen LogP) is 4.84. The molecule has 3 aromatic carbocycles. The highest BCUT2D eigenvalue weighted by atomic mass is 32.2. The van der Waals surface area contributed by atoms with Crippen molar-refractivity contribution >= 4 is 27.5 Å². The number of carbonyl (C=O) groups is 2. The van der Waals surface area contributed by atoms with Crippen molar-refractivity contribution in [3.63, 3.8) is 0 Å². The van der Waals surface area contributed by atoms with E-state index in [4.69, 9.17) is 4.74 Å². The van der Waals surface area contributed by atoms with E-state index >= 15 is 0 Å². The Morgan fingerprint density at radius 2 is 1.40 bits per heavy atom. The second kappa shape index (κ2) is 12.6. The molecule has 9 heteroatoms. The Morgan fingerprint density at radius 3 is 1.90 bits per heavy atom. The maximum Gasteiger partial charge on any atom is 0.264 e. The maximum absolute atomic E-state index is 14.0. The normalized spacial score (nSPS) is 12.4. The van der Waals surface area contributed by atoms with E-state index in [-0.39, 0.29) is 17.3 Å². The number of anilines is 1. The molecule has 214 valence electrons. The minimum atomic E-state index is -4.13. The van der Waals surface area contributed by atoms with E-state index in [2.05, 4.69) is 5.32 Å². The van der Waals surface area contributed by atoms with Crippen molar-refractivity contribution in [2.45, 2.75) is 64.6 Å². The summed E-state index contributed by atoms with van der Waals surface area (Å²) in [6.07, 6.45) is 0. The maximum atomic E-state index is 14.0. The fourth-order valence-electron chi connectivity index (χ4n) is 4.06. The Hall–Kier alpha value is -3.85. The molecule has 0 bridgehead atoms. The molecule has 3 rings (SSSR count). The summed E-state index contributed by atoms with van der Waals surface area (Å²) in [5.74, 6) is -0.287. The number of carbonyl (C=O) groups excluding carboxylic acids is 2. The van der Waals surface area contributed by atoms with Crippen LogP contribution in [0.3, 0.4) is 0 Å². The molecule has 1 atom stereocenters. The Bertz CT molecular complexity index is 1410. The van der Waals surface area contributed by atoms with Crippen molar-refractivity contribution in [2.24, 2.45) is 0 Å². The van der Waals surface area contributed by atoms with Crippen LogP contribution in [0.15, 0.2) is 77.7 Å². The molecule has 0 aliphatic rings. The van der Waals surface area contributed by atoms with Gasteiger partial charge in [-0.15, -0.1) is 0 Å². The van der Waals surface area contributed by atoms with Crippen LogP contribution >= 0.6 is 0 Å². The molecule has 0 saturated carbocycles. The van der Waals surface area contributed by atoms with E-state index in [0.717, 1.165) is 21.0 Å². The van der Waals surface area contributed by atoms with Crippen molar-refractivity contribution in [3.05, 3.63) is 89.5 Å². The highest BCUT2D eigenvalue weighted by Crippen LogP contribution is 2.27. The van der Waals surface area contributed by atoms with Gasteiger partial charge in [-0.2, -0.15) is 0 Å². The van der Waals surface area contributed by atoms with Crippen LogP contribution in [0, 0.1) is 13.8 Å². The van der Waals surface area contributed by atoms with Crippen LogP contribution < -0.4 is 14.4 Å². The molecule has 2 amide bonds. The van der Waals surface area contributed by atoms with Crippen molar-refractivity contribution in [2.75, 3.05) is 18.0 Å². The Morgan fingerprint density at radius 1 is 0.875 bits per heavy atom. The molecule has 0 aromatic heterocycles. The van der Waals surface area contributed by atoms with Gasteiger partial charge in [-0.25, -0.2) is 8.42 Å². The first-order valence-corrected chi connectivity index (χ1v) is 14.6. The number of rotatable bonds is 10. The quantitative estimate of drug-likeness (QED) is 0.380. The summed E-state index contributed by atoms with van der Waals surface area (Å²) in [5.41, 5.74) is 2.60. The fraction of sp³-hybridized carbons (Fsp3) is 0.355. The molecule has 0 radical (unpaired) electrons. The monoisotopic (exact) mass is 565 g/mol. The molecular weight excluding hydrogens is 526 g/mol. The van der Waals surface area contributed by atoms with Crippen molar-refractivity contribution in [1.82, 2.24) is 10.2 Å². The van der Waals surface area contributed by atoms with Gasteiger partial charge in [-0.1, -0.05) is 47.5 Å². The number of ether oxygens (including phenoxy) is 1. The van der Waals surface area contributed by atoms with E-state index in [1.165, 1.54) is 24.1 Å². The Labute approximate surface area is 238 Å². The number of nitrogens with zero attached hydrogens (tertiary/aromatic N) is 2. The van der Waals surface area contributed by atoms with E-state index in [1.54, 1.807) is 43.3 Å². The predicted molar refractivity (Wildman–Crippen MR) is 158 cm³/mol. The van der Waals surface area contributed by atoms with Gasteiger partial charge in [0, 0.05) is 12.1 Å². The Balaban J connectivity index is 2.03. The molecule has 8 nitrogen and oxygen atoms in total. The molecule has 0 spiro atoms. The third kappa shape index (κ3) is 7.85. The fourth-order valence-corrected chi connectivity index (χ4v) is 5.48. The van der Waals surface area contributed by atoms with Gasteiger partial charge < -0.3 is 15.0 Å². The number of methoxy groups -OCH3 is 1. The standard InChI is InChI=1S/C31H39N3O5S/c1-22-8-12-25(13-9-22)20-33(24(3)30(36)32-31(4,5)6)29(35)21-34(26-14-16-27(39-7)17-15-26)40(37,38)28-18-10-23(2)11-19-28/h8-19,24H,20-21H2,1-7H3,(H,32,36). The molecule has 1 N–H and O–H groups in total. The largest absolute Gasteiger partial charge is 0.497 e. The first-order chi connectivity index (χ1) is 18.7. The zero-order valence-corrected chi connectivity index (χ0v) is 25.1. The molecule has 3 aromatic rings. The zero-order chi connectivity index (χ0) is 29.7. The smallest absolute Gasteiger partial charge is 0.264 e. The minimum Gasteiger partial charge on any atom is -0.497 e. The lowest BCUT2D eigenvalue weighted by molar-refractivity contribution is -0.140. The van der Waals surface area contributed by atoms with Crippen LogP contribution in [-0.4, -0.2) is 50.4 Å². The molecule has 0 saturated heterocycles. The van der Waals surface area contributed by atoms with E-state index < -0.39 is 34.1 Å². The van der Waals surface area contributed by atoms with Gasteiger partial charge in [-0.3, -0.25) is 13.9 Å². The average Bonchev–Trinajstić information content (AvgIpc) is 2.90. The minimum absolute atomic E-state index is 0.0605. The van der Waals surface area contributed by atoms with Crippen LogP contribution in [0.4, 0.5) is 5.69 Å². The van der Waals surface area contributed by atoms with Crippen molar-refractivity contribution < 1.29 is 22.7 Å². The number of hydrogen-bond acceptors (Lipinski definition) is 5. The summed E-state index contributed by atoms with van der Waals surface area (Å²) < 4.78 is 34.1. The molecule has 0 aliphatic heterocycles. The van der Waals surface area contributed by atoms with E-state index in [1.807, 2.05) is 58.9 Å². The van der Waals surface area contributed by atoms with Gasteiger partial charge in [0.05, 0.1) is 17.7 Å². The first kappa shape index (κ1) is 30.7. The molecule has 0 heterocycles.